The van der Waals surface area contributed by atoms with Crippen molar-refractivity contribution in [3.8, 4) is 0 Å². The lowest BCUT2D eigenvalue weighted by atomic mass is 10.1. The molecule has 0 saturated heterocycles. The summed E-state index contributed by atoms with van der Waals surface area (Å²) in [6, 6.07) is 8.06. The fraction of sp³-hybridized carbons (Fsp3) is 0.357. The van der Waals surface area contributed by atoms with Gasteiger partial charge in [0, 0.05) is 18.1 Å². The van der Waals surface area contributed by atoms with Gasteiger partial charge in [0.25, 0.3) is 0 Å². The molecule has 2 rings (SSSR count). The third-order valence-corrected chi connectivity index (χ3v) is 3.62. The van der Waals surface area contributed by atoms with Crippen LogP contribution in [-0.4, -0.2) is 17.1 Å². The minimum Gasteiger partial charge on any atom is -0.388 e. The van der Waals surface area contributed by atoms with Gasteiger partial charge < -0.3 is 10.0 Å². The Hall–Kier alpha value is -1.39. The zero-order chi connectivity index (χ0) is 13.0. The third kappa shape index (κ3) is 3.09. The van der Waals surface area contributed by atoms with Gasteiger partial charge in [-0.25, -0.2) is 4.98 Å². The van der Waals surface area contributed by atoms with E-state index in [2.05, 4.69) is 15.3 Å². The maximum Gasteiger partial charge on any atom is 0.0795 e. The number of aliphatic hydroxyl groups is 1. The molecule has 96 valence electrons. The van der Waals surface area contributed by atoms with E-state index in [0.29, 0.717) is 0 Å². The molecule has 0 fully saturated rings. The van der Waals surface area contributed by atoms with Gasteiger partial charge in [-0.2, -0.15) is 0 Å². The second kappa shape index (κ2) is 5.98. The number of rotatable bonds is 5. The summed E-state index contributed by atoms with van der Waals surface area (Å²) in [5.74, 6) is 0. The second-order valence-electron chi connectivity index (χ2n) is 4.35. The molecule has 0 aliphatic carbocycles. The molecule has 4 heteroatoms. The highest BCUT2D eigenvalue weighted by molar-refractivity contribution is 7.07. The van der Waals surface area contributed by atoms with Gasteiger partial charge in [-0.05, 0) is 24.1 Å². The number of benzene rings is 1. The van der Waals surface area contributed by atoms with Crippen molar-refractivity contribution in [1.82, 2.24) is 4.98 Å². The lowest BCUT2D eigenvalue weighted by Crippen LogP contribution is -2.16. The smallest absolute Gasteiger partial charge is 0.0795 e. The molecule has 0 radical (unpaired) electrons. The zero-order valence-corrected chi connectivity index (χ0v) is 11.5. The van der Waals surface area contributed by atoms with Crippen molar-refractivity contribution in [2.45, 2.75) is 26.0 Å². The molecule has 0 bridgehead atoms. The van der Waals surface area contributed by atoms with Gasteiger partial charge in [-0.1, -0.05) is 19.1 Å². The van der Waals surface area contributed by atoms with E-state index in [1.165, 1.54) is 0 Å². The quantitative estimate of drug-likeness (QED) is 0.898. The van der Waals surface area contributed by atoms with Crippen LogP contribution in [0.2, 0.25) is 0 Å². The van der Waals surface area contributed by atoms with Crippen LogP contribution in [0.1, 0.15) is 30.7 Å². The van der Waals surface area contributed by atoms with E-state index < -0.39 is 0 Å². The average molecular weight is 262 g/mol. The molecule has 18 heavy (non-hydrogen) atoms. The Kier molecular flexibility index (Phi) is 4.33. The highest BCUT2D eigenvalue weighted by Gasteiger charge is 2.07. The summed E-state index contributed by atoms with van der Waals surface area (Å²) in [7, 11) is 2.05. The van der Waals surface area contributed by atoms with E-state index in [-0.39, 0.29) is 6.10 Å². The van der Waals surface area contributed by atoms with Crippen LogP contribution in [0.3, 0.4) is 0 Å². The molecular weight excluding hydrogens is 244 g/mol. The summed E-state index contributed by atoms with van der Waals surface area (Å²) in [5.41, 5.74) is 5.04. The monoisotopic (exact) mass is 262 g/mol. The van der Waals surface area contributed by atoms with Crippen LogP contribution in [0.15, 0.2) is 35.2 Å². The standard InChI is InChI=1S/C14H18N2OS/c1-3-14(17)11-4-6-13(7-5-11)16(2)8-12-9-18-10-15-12/h4-7,9-10,14,17H,3,8H2,1-2H3/t14-/m0/s1. The first-order valence-electron chi connectivity index (χ1n) is 6.07. The Morgan fingerprint density at radius 2 is 2.06 bits per heavy atom. The Labute approximate surface area is 112 Å². The van der Waals surface area contributed by atoms with Gasteiger partial charge in [0.2, 0.25) is 0 Å². The van der Waals surface area contributed by atoms with Gasteiger partial charge in [-0.3, -0.25) is 0 Å². The first kappa shape index (κ1) is 13.1. The van der Waals surface area contributed by atoms with Crippen LogP contribution >= 0.6 is 11.3 Å². The van der Waals surface area contributed by atoms with Gasteiger partial charge in [0.05, 0.1) is 23.9 Å². The van der Waals surface area contributed by atoms with Gasteiger partial charge >= 0.3 is 0 Å². The first-order valence-corrected chi connectivity index (χ1v) is 7.01. The Balaban J connectivity index is 2.04. The normalized spacial score (nSPS) is 12.4. The number of hydrogen-bond acceptors (Lipinski definition) is 4. The van der Waals surface area contributed by atoms with Crippen LogP contribution in [0, 0.1) is 0 Å². The van der Waals surface area contributed by atoms with Crippen molar-refractivity contribution < 1.29 is 5.11 Å². The van der Waals surface area contributed by atoms with Crippen LogP contribution in [0.4, 0.5) is 5.69 Å². The SMILES string of the molecule is CC[C@H](O)c1ccc(N(C)Cc2cscn2)cc1. The molecule has 0 saturated carbocycles. The molecule has 1 aromatic carbocycles. The minimum atomic E-state index is -0.358. The van der Waals surface area contributed by atoms with E-state index in [4.69, 9.17) is 0 Å². The van der Waals surface area contributed by atoms with E-state index in [9.17, 15) is 5.11 Å². The molecular formula is C14H18N2OS. The number of aliphatic hydroxyl groups excluding tert-OH is 1. The molecule has 3 nitrogen and oxygen atoms in total. The molecule has 1 aromatic heterocycles. The van der Waals surface area contributed by atoms with Crippen molar-refractivity contribution in [3.05, 3.63) is 46.4 Å². The van der Waals surface area contributed by atoms with Crippen LogP contribution < -0.4 is 4.90 Å². The highest BCUT2D eigenvalue weighted by Crippen LogP contribution is 2.21. The molecule has 0 unspecified atom stereocenters. The van der Waals surface area contributed by atoms with Crippen molar-refractivity contribution in [3.63, 3.8) is 0 Å². The van der Waals surface area contributed by atoms with Crippen molar-refractivity contribution in [2.75, 3.05) is 11.9 Å². The predicted octanol–water partition coefficient (Wildman–Crippen LogP) is 3.22. The number of hydrogen-bond donors (Lipinski definition) is 1. The Morgan fingerprint density at radius 3 is 2.61 bits per heavy atom. The van der Waals surface area contributed by atoms with E-state index in [1.807, 2.05) is 43.7 Å². The molecule has 1 heterocycles. The van der Waals surface area contributed by atoms with E-state index >= 15 is 0 Å². The topological polar surface area (TPSA) is 36.4 Å². The van der Waals surface area contributed by atoms with Crippen LogP contribution in [0.5, 0.6) is 0 Å². The molecule has 0 aliphatic heterocycles. The summed E-state index contributed by atoms with van der Waals surface area (Å²) in [6.07, 6.45) is 0.386. The molecule has 1 atom stereocenters. The Morgan fingerprint density at radius 1 is 1.33 bits per heavy atom. The molecule has 0 aliphatic rings. The Bertz CT molecular complexity index is 467. The average Bonchev–Trinajstić information content (AvgIpc) is 2.91. The summed E-state index contributed by atoms with van der Waals surface area (Å²) in [4.78, 5) is 6.43. The lowest BCUT2D eigenvalue weighted by molar-refractivity contribution is 0.173. The van der Waals surface area contributed by atoms with Crippen molar-refractivity contribution in [2.24, 2.45) is 0 Å². The summed E-state index contributed by atoms with van der Waals surface area (Å²) < 4.78 is 0. The van der Waals surface area contributed by atoms with Gasteiger partial charge in [0.1, 0.15) is 0 Å². The third-order valence-electron chi connectivity index (χ3n) is 2.99. The highest BCUT2D eigenvalue weighted by atomic mass is 32.1. The maximum absolute atomic E-state index is 9.74. The second-order valence-corrected chi connectivity index (χ2v) is 5.07. The van der Waals surface area contributed by atoms with Gasteiger partial charge in [-0.15, -0.1) is 11.3 Å². The fourth-order valence-corrected chi connectivity index (χ4v) is 2.39. The van der Waals surface area contributed by atoms with Crippen LogP contribution in [0.25, 0.3) is 0 Å². The predicted molar refractivity (Wildman–Crippen MR) is 75.9 cm³/mol. The van der Waals surface area contributed by atoms with Crippen molar-refractivity contribution >= 4 is 17.0 Å². The van der Waals surface area contributed by atoms with E-state index in [0.717, 1.165) is 29.9 Å². The summed E-state index contributed by atoms with van der Waals surface area (Å²) >= 11 is 1.62. The molecule has 2 aromatic rings. The lowest BCUT2D eigenvalue weighted by Gasteiger charge is -2.19. The minimum absolute atomic E-state index is 0.358. The largest absolute Gasteiger partial charge is 0.388 e. The molecule has 0 spiro atoms. The van der Waals surface area contributed by atoms with Crippen LogP contribution in [-0.2, 0) is 6.54 Å². The number of anilines is 1. The first-order chi connectivity index (χ1) is 8.70. The zero-order valence-electron chi connectivity index (χ0n) is 10.7. The summed E-state index contributed by atoms with van der Waals surface area (Å²) in [6.45, 7) is 2.78. The van der Waals surface area contributed by atoms with E-state index in [1.54, 1.807) is 11.3 Å². The molecule has 0 amide bonds. The maximum atomic E-state index is 9.74. The fourth-order valence-electron chi connectivity index (χ4n) is 1.84. The number of thiazole rings is 1. The van der Waals surface area contributed by atoms with Gasteiger partial charge in [0.15, 0.2) is 0 Å². The molecule has 1 N–H and O–H groups in total. The number of nitrogens with zero attached hydrogens (tertiary/aromatic N) is 2. The summed E-state index contributed by atoms with van der Waals surface area (Å²) in [5, 5.41) is 11.8. The number of aromatic nitrogens is 1. The van der Waals surface area contributed by atoms with Crippen molar-refractivity contribution in [1.29, 1.82) is 0 Å².